The molecule has 0 atom stereocenters. The minimum atomic E-state index is 0.0679. The summed E-state index contributed by atoms with van der Waals surface area (Å²) in [4.78, 5) is 0. The van der Waals surface area contributed by atoms with Crippen LogP contribution < -0.4 is 15.8 Å². The van der Waals surface area contributed by atoms with Crippen molar-refractivity contribution in [2.24, 2.45) is 16.3 Å². The molecule has 4 N–H and O–H groups in total. The third-order valence-electron chi connectivity index (χ3n) is 4.21. The number of hydrogen-bond acceptors (Lipinski definition) is 4. The van der Waals surface area contributed by atoms with E-state index in [1.807, 2.05) is 18.2 Å². The summed E-state index contributed by atoms with van der Waals surface area (Å²) in [6, 6.07) is 5.75. The smallest absolute Gasteiger partial charge is 0.173 e. The number of nitrogens with zero attached hydrogens (tertiary/aromatic N) is 1. The van der Waals surface area contributed by atoms with E-state index in [1.165, 1.54) is 25.7 Å². The monoisotopic (exact) mass is 291 g/mol. The molecule has 1 aliphatic carbocycles. The van der Waals surface area contributed by atoms with Gasteiger partial charge >= 0.3 is 0 Å². The predicted octanol–water partition coefficient (Wildman–Crippen LogP) is 2.46. The Morgan fingerprint density at radius 1 is 1.48 bits per heavy atom. The van der Waals surface area contributed by atoms with Gasteiger partial charge < -0.3 is 21.0 Å². The van der Waals surface area contributed by atoms with Crippen LogP contribution in [-0.2, 0) is 6.54 Å². The summed E-state index contributed by atoms with van der Waals surface area (Å²) in [5.74, 6) is 0.678. The fraction of sp³-hybridized carbons (Fsp3) is 0.562. The van der Waals surface area contributed by atoms with Crippen LogP contribution in [0.3, 0.4) is 0 Å². The lowest BCUT2D eigenvalue weighted by Crippen LogP contribution is -2.24. The van der Waals surface area contributed by atoms with Gasteiger partial charge in [0.2, 0.25) is 0 Å². The number of amidine groups is 1. The molecule has 0 aromatic heterocycles. The highest BCUT2D eigenvalue weighted by molar-refractivity contribution is 5.99. The number of oxime groups is 1. The normalized spacial score (nSPS) is 16.8. The molecule has 1 aliphatic rings. The molecule has 5 nitrogen and oxygen atoms in total. The lowest BCUT2D eigenvalue weighted by atomic mass is 10.0. The van der Waals surface area contributed by atoms with Crippen molar-refractivity contribution in [3.05, 3.63) is 29.3 Å². The van der Waals surface area contributed by atoms with Crippen LogP contribution in [0.15, 0.2) is 23.4 Å². The lowest BCUT2D eigenvalue weighted by molar-refractivity contribution is 0.318. The molecular formula is C16H25N3O2. The fourth-order valence-electron chi connectivity index (χ4n) is 2.81. The molecule has 0 spiro atoms. The van der Waals surface area contributed by atoms with Gasteiger partial charge in [0.05, 0.1) is 12.7 Å². The first-order chi connectivity index (χ1) is 10.1. The molecule has 1 fully saturated rings. The molecule has 0 heterocycles. The van der Waals surface area contributed by atoms with E-state index in [0.717, 1.165) is 18.7 Å². The molecule has 0 radical (unpaired) electrons. The average molecular weight is 291 g/mol. The standard InChI is InChI=1S/C16H25N3O2/c1-3-6-16(7-8-16)11-18-10-12-4-5-14(21-2)13(9-12)15(17)19-20/h4-5,9,18,20H,3,6-8,10-11H2,1-2H3,(H2,17,19). The Balaban J connectivity index is 1.97. The number of methoxy groups -OCH3 is 1. The van der Waals surface area contributed by atoms with Gasteiger partial charge in [0, 0.05) is 13.1 Å². The van der Waals surface area contributed by atoms with Gasteiger partial charge in [-0.2, -0.15) is 0 Å². The molecular weight excluding hydrogens is 266 g/mol. The Hall–Kier alpha value is -1.75. The third-order valence-corrected chi connectivity index (χ3v) is 4.21. The fourth-order valence-corrected chi connectivity index (χ4v) is 2.81. The Morgan fingerprint density at radius 3 is 2.81 bits per heavy atom. The van der Waals surface area contributed by atoms with Crippen molar-refractivity contribution >= 4 is 5.84 Å². The first-order valence-electron chi connectivity index (χ1n) is 7.49. The molecule has 0 saturated heterocycles. The third kappa shape index (κ3) is 3.88. The van der Waals surface area contributed by atoms with Crippen LogP contribution in [0.5, 0.6) is 5.75 Å². The number of hydrogen-bond donors (Lipinski definition) is 3. The van der Waals surface area contributed by atoms with Gasteiger partial charge in [-0.05, 0) is 42.4 Å². The van der Waals surface area contributed by atoms with Gasteiger partial charge in [0.25, 0.3) is 0 Å². The number of benzene rings is 1. The summed E-state index contributed by atoms with van der Waals surface area (Å²) in [7, 11) is 1.57. The minimum Gasteiger partial charge on any atom is -0.496 e. The van der Waals surface area contributed by atoms with Crippen LogP contribution in [0.1, 0.15) is 43.7 Å². The van der Waals surface area contributed by atoms with E-state index in [1.54, 1.807) is 7.11 Å². The highest BCUT2D eigenvalue weighted by atomic mass is 16.5. The van der Waals surface area contributed by atoms with E-state index in [4.69, 9.17) is 15.7 Å². The van der Waals surface area contributed by atoms with Crippen LogP contribution >= 0.6 is 0 Å². The summed E-state index contributed by atoms with van der Waals surface area (Å²) in [6.07, 6.45) is 5.23. The second-order valence-corrected chi connectivity index (χ2v) is 5.87. The van der Waals surface area contributed by atoms with Gasteiger partial charge in [-0.15, -0.1) is 0 Å². The van der Waals surface area contributed by atoms with E-state index in [9.17, 15) is 0 Å². The predicted molar refractivity (Wildman–Crippen MR) is 83.8 cm³/mol. The van der Waals surface area contributed by atoms with Crippen molar-refractivity contribution in [3.8, 4) is 5.75 Å². The summed E-state index contributed by atoms with van der Waals surface area (Å²) in [5, 5.41) is 15.4. The molecule has 0 bridgehead atoms. The molecule has 1 aromatic carbocycles. The molecule has 0 unspecified atom stereocenters. The molecule has 0 aliphatic heterocycles. The zero-order chi connectivity index (χ0) is 15.3. The van der Waals surface area contributed by atoms with E-state index in [0.29, 0.717) is 16.7 Å². The molecule has 0 amide bonds. The number of nitrogens with one attached hydrogen (secondary N) is 1. The maximum atomic E-state index is 8.84. The number of nitrogens with two attached hydrogens (primary N) is 1. The first kappa shape index (κ1) is 15.6. The maximum absolute atomic E-state index is 8.84. The van der Waals surface area contributed by atoms with Crippen molar-refractivity contribution in [3.63, 3.8) is 0 Å². The first-order valence-corrected chi connectivity index (χ1v) is 7.49. The average Bonchev–Trinajstić information content (AvgIpc) is 3.26. The van der Waals surface area contributed by atoms with Crippen LogP contribution in [0, 0.1) is 5.41 Å². The molecule has 116 valence electrons. The Labute approximate surface area is 126 Å². The molecule has 5 heteroatoms. The summed E-state index contributed by atoms with van der Waals surface area (Å²) >= 11 is 0. The molecule has 2 rings (SSSR count). The number of rotatable bonds is 8. The second kappa shape index (κ2) is 6.80. The SMILES string of the molecule is CCCC1(CNCc2ccc(OC)c(/C(N)=N/O)c2)CC1. The van der Waals surface area contributed by atoms with Gasteiger partial charge in [-0.25, -0.2) is 0 Å². The van der Waals surface area contributed by atoms with E-state index in [2.05, 4.69) is 17.4 Å². The van der Waals surface area contributed by atoms with Crippen molar-refractivity contribution in [1.82, 2.24) is 5.32 Å². The van der Waals surface area contributed by atoms with Crippen molar-refractivity contribution < 1.29 is 9.94 Å². The Kier molecular flexibility index (Phi) is 5.07. The van der Waals surface area contributed by atoms with Crippen LogP contribution in [0.2, 0.25) is 0 Å². The van der Waals surface area contributed by atoms with Crippen LogP contribution in [-0.4, -0.2) is 24.7 Å². The summed E-state index contributed by atoms with van der Waals surface area (Å²) in [6.45, 7) is 4.08. The van der Waals surface area contributed by atoms with Crippen LogP contribution in [0.25, 0.3) is 0 Å². The number of ether oxygens (including phenoxy) is 1. The molecule has 21 heavy (non-hydrogen) atoms. The highest BCUT2D eigenvalue weighted by Gasteiger charge is 2.40. The summed E-state index contributed by atoms with van der Waals surface area (Å²) in [5.41, 5.74) is 7.94. The van der Waals surface area contributed by atoms with Crippen molar-refractivity contribution in [1.29, 1.82) is 0 Å². The zero-order valence-electron chi connectivity index (χ0n) is 12.9. The Bertz CT molecular complexity index is 510. The van der Waals surface area contributed by atoms with Gasteiger partial charge in [-0.1, -0.05) is 24.6 Å². The second-order valence-electron chi connectivity index (χ2n) is 5.87. The van der Waals surface area contributed by atoms with Gasteiger partial charge in [-0.3, -0.25) is 0 Å². The minimum absolute atomic E-state index is 0.0679. The van der Waals surface area contributed by atoms with E-state index >= 15 is 0 Å². The van der Waals surface area contributed by atoms with E-state index < -0.39 is 0 Å². The van der Waals surface area contributed by atoms with Gasteiger partial charge in [0.1, 0.15) is 5.75 Å². The zero-order valence-corrected chi connectivity index (χ0v) is 12.9. The van der Waals surface area contributed by atoms with Crippen molar-refractivity contribution in [2.75, 3.05) is 13.7 Å². The topological polar surface area (TPSA) is 79.9 Å². The lowest BCUT2D eigenvalue weighted by Gasteiger charge is -2.15. The Morgan fingerprint density at radius 2 is 2.24 bits per heavy atom. The van der Waals surface area contributed by atoms with Gasteiger partial charge in [0.15, 0.2) is 5.84 Å². The quantitative estimate of drug-likeness (QED) is 0.297. The van der Waals surface area contributed by atoms with E-state index in [-0.39, 0.29) is 5.84 Å². The van der Waals surface area contributed by atoms with Crippen molar-refractivity contribution in [2.45, 2.75) is 39.2 Å². The molecule has 1 aromatic rings. The molecule has 1 saturated carbocycles. The van der Waals surface area contributed by atoms with Crippen LogP contribution in [0.4, 0.5) is 0 Å². The largest absolute Gasteiger partial charge is 0.496 e. The maximum Gasteiger partial charge on any atom is 0.173 e. The highest BCUT2D eigenvalue weighted by Crippen LogP contribution is 2.48. The summed E-state index contributed by atoms with van der Waals surface area (Å²) < 4.78 is 5.23.